The summed E-state index contributed by atoms with van der Waals surface area (Å²) in [4.78, 5) is 11.9. The first-order chi connectivity index (χ1) is 12.8. The maximum Gasteiger partial charge on any atom is 0.435 e. The third kappa shape index (κ3) is 4.66. The summed E-state index contributed by atoms with van der Waals surface area (Å²) in [7, 11) is 0. The summed E-state index contributed by atoms with van der Waals surface area (Å²) in [5.74, 6) is 0. The van der Waals surface area contributed by atoms with Gasteiger partial charge in [0.1, 0.15) is 0 Å². The number of alkyl halides is 3. The summed E-state index contributed by atoms with van der Waals surface area (Å²) in [6, 6.07) is 4.08. The lowest BCUT2D eigenvalue weighted by molar-refractivity contribution is -0.142. The molecule has 11 heteroatoms. The predicted octanol–water partition coefficient (Wildman–Crippen LogP) is 4.10. The topological polar surface area (TPSA) is 68.2 Å². The molecule has 146 valence electrons. The van der Waals surface area contributed by atoms with Crippen LogP contribution in [0.3, 0.4) is 0 Å². The lowest BCUT2D eigenvalue weighted by atomic mass is 10.1. The Morgan fingerprint density at radius 2 is 2.07 bits per heavy atom. The Hall–Kier alpha value is -1.97. The van der Waals surface area contributed by atoms with Gasteiger partial charge in [0.05, 0.1) is 29.8 Å². The molecule has 2 aromatic rings. The number of benzene rings is 1. The van der Waals surface area contributed by atoms with Crippen molar-refractivity contribution in [2.24, 2.45) is 0 Å². The molecule has 2 amide bonds. The number of hydrogen-bond donors (Lipinski definition) is 2. The predicted molar refractivity (Wildman–Crippen MR) is 94.1 cm³/mol. The summed E-state index contributed by atoms with van der Waals surface area (Å²) in [5.41, 5.74) is 0.0570. The quantitative estimate of drug-likeness (QED) is 0.778. The zero-order valence-corrected chi connectivity index (χ0v) is 15.4. The molecule has 1 aliphatic heterocycles. The van der Waals surface area contributed by atoms with Gasteiger partial charge in [-0.25, -0.2) is 4.79 Å². The third-order valence-electron chi connectivity index (χ3n) is 3.95. The Balaban J connectivity index is 1.61. The molecule has 0 aliphatic carbocycles. The van der Waals surface area contributed by atoms with Crippen molar-refractivity contribution in [1.82, 2.24) is 15.1 Å². The van der Waals surface area contributed by atoms with Crippen LogP contribution in [0.15, 0.2) is 18.2 Å². The van der Waals surface area contributed by atoms with Gasteiger partial charge in [-0.3, -0.25) is 4.68 Å². The van der Waals surface area contributed by atoms with Crippen LogP contribution in [0, 0.1) is 0 Å². The van der Waals surface area contributed by atoms with Gasteiger partial charge in [0.2, 0.25) is 0 Å². The van der Waals surface area contributed by atoms with E-state index < -0.39 is 17.9 Å². The molecular weight excluding hydrogens is 408 g/mol. The number of fused-ring (bicyclic) bond motifs is 1. The van der Waals surface area contributed by atoms with Crippen molar-refractivity contribution in [2.75, 3.05) is 18.5 Å². The van der Waals surface area contributed by atoms with Crippen LogP contribution >= 0.6 is 23.2 Å². The van der Waals surface area contributed by atoms with Crippen LogP contribution in [0.1, 0.15) is 17.0 Å². The van der Waals surface area contributed by atoms with Gasteiger partial charge in [-0.1, -0.05) is 23.2 Å². The summed E-state index contributed by atoms with van der Waals surface area (Å²) in [6.45, 7) is 0.420. The molecule has 6 nitrogen and oxygen atoms in total. The molecule has 0 saturated carbocycles. The number of urea groups is 1. The monoisotopic (exact) mass is 422 g/mol. The van der Waals surface area contributed by atoms with E-state index in [9.17, 15) is 18.0 Å². The average Bonchev–Trinajstić information content (AvgIpc) is 2.98. The Morgan fingerprint density at radius 3 is 2.78 bits per heavy atom. The van der Waals surface area contributed by atoms with E-state index >= 15 is 0 Å². The first kappa shape index (κ1) is 19.8. The van der Waals surface area contributed by atoms with E-state index in [1.54, 1.807) is 6.07 Å². The van der Waals surface area contributed by atoms with E-state index in [1.807, 2.05) is 0 Å². The standard InChI is InChI=1S/C16H15Cl2F3N4O2/c17-11-2-1-9(7-12(11)18)23-15(26)22-4-5-25-13-3-6-27-8-10(13)14(24-25)16(19,20)21/h1-2,7H,3-6,8H2,(H2,22,23,26). The van der Waals surface area contributed by atoms with Gasteiger partial charge < -0.3 is 15.4 Å². The number of carbonyl (C=O) groups excluding carboxylic acids is 1. The molecule has 0 fully saturated rings. The number of amides is 2. The largest absolute Gasteiger partial charge is 0.435 e. The van der Waals surface area contributed by atoms with Crippen molar-refractivity contribution in [3.63, 3.8) is 0 Å². The minimum atomic E-state index is -4.55. The zero-order valence-electron chi connectivity index (χ0n) is 13.9. The van der Waals surface area contributed by atoms with Crippen molar-refractivity contribution >= 4 is 34.9 Å². The first-order valence-corrected chi connectivity index (χ1v) is 8.74. The van der Waals surface area contributed by atoms with E-state index in [0.29, 0.717) is 34.5 Å². The molecule has 27 heavy (non-hydrogen) atoms. The number of ether oxygens (including phenoxy) is 1. The Bertz CT molecular complexity index is 855. The molecule has 2 heterocycles. The molecule has 2 N–H and O–H groups in total. The second-order valence-electron chi connectivity index (χ2n) is 5.81. The van der Waals surface area contributed by atoms with Crippen molar-refractivity contribution < 1.29 is 22.7 Å². The normalized spacial score (nSPS) is 14.0. The summed E-state index contributed by atoms with van der Waals surface area (Å²) >= 11 is 11.7. The van der Waals surface area contributed by atoms with Gasteiger partial charge in [0.15, 0.2) is 5.69 Å². The number of halogens is 5. The van der Waals surface area contributed by atoms with Crippen LogP contribution in [-0.2, 0) is 30.5 Å². The molecule has 3 rings (SSSR count). The lowest BCUT2D eigenvalue weighted by Gasteiger charge is -2.15. The smallest absolute Gasteiger partial charge is 0.376 e. The minimum Gasteiger partial charge on any atom is -0.376 e. The highest BCUT2D eigenvalue weighted by atomic mass is 35.5. The fraction of sp³-hybridized carbons (Fsp3) is 0.375. The van der Waals surface area contributed by atoms with Crippen LogP contribution < -0.4 is 10.6 Å². The number of aromatic nitrogens is 2. The van der Waals surface area contributed by atoms with Gasteiger partial charge in [0.25, 0.3) is 0 Å². The molecule has 1 aliphatic rings. The van der Waals surface area contributed by atoms with Crippen molar-refractivity contribution in [3.8, 4) is 0 Å². The second-order valence-corrected chi connectivity index (χ2v) is 6.62. The molecule has 1 aromatic carbocycles. The van der Waals surface area contributed by atoms with Gasteiger partial charge in [0, 0.05) is 29.9 Å². The van der Waals surface area contributed by atoms with E-state index in [2.05, 4.69) is 15.7 Å². The molecule has 0 radical (unpaired) electrons. The fourth-order valence-electron chi connectivity index (χ4n) is 2.75. The SMILES string of the molecule is O=C(NCCn1nc(C(F)(F)F)c2c1CCOC2)Nc1ccc(Cl)c(Cl)c1. The highest BCUT2D eigenvalue weighted by Gasteiger charge is 2.39. The van der Waals surface area contributed by atoms with Crippen LogP contribution in [0.2, 0.25) is 10.0 Å². The molecule has 0 saturated heterocycles. The van der Waals surface area contributed by atoms with E-state index in [0.717, 1.165) is 0 Å². The van der Waals surface area contributed by atoms with Gasteiger partial charge in [-0.05, 0) is 18.2 Å². The number of rotatable bonds is 4. The number of hydrogen-bond acceptors (Lipinski definition) is 3. The summed E-state index contributed by atoms with van der Waals surface area (Å²) in [5, 5.41) is 9.46. The second kappa shape index (κ2) is 7.95. The maximum absolute atomic E-state index is 13.1. The van der Waals surface area contributed by atoms with Crippen molar-refractivity contribution in [3.05, 3.63) is 45.2 Å². The third-order valence-corrected chi connectivity index (χ3v) is 4.69. The van der Waals surface area contributed by atoms with E-state index in [1.165, 1.54) is 16.8 Å². The molecule has 0 bridgehead atoms. The Kier molecular flexibility index (Phi) is 5.83. The summed E-state index contributed by atoms with van der Waals surface area (Å²) in [6.07, 6.45) is -4.21. The number of carbonyl (C=O) groups is 1. The molecule has 0 spiro atoms. The van der Waals surface area contributed by atoms with Crippen LogP contribution in [0.25, 0.3) is 0 Å². The van der Waals surface area contributed by atoms with Crippen LogP contribution in [0.4, 0.5) is 23.7 Å². The highest BCUT2D eigenvalue weighted by Crippen LogP contribution is 2.34. The van der Waals surface area contributed by atoms with Crippen LogP contribution in [-0.4, -0.2) is 29.0 Å². The maximum atomic E-state index is 13.1. The number of anilines is 1. The summed E-state index contributed by atoms with van der Waals surface area (Å²) < 4.78 is 45.7. The molecule has 1 aromatic heterocycles. The number of nitrogens with zero attached hydrogens (tertiary/aromatic N) is 2. The van der Waals surface area contributed by atoms with E-state index in [-0.39, 0.29) is 25.3 Å². The Labute approximate surface area is 162 Å². The highest BCUT2D eigenvalue weighted by molar-refractivity contribution is 6.42. The molecule has 0 unspecified atom stereocenters. The molecular formula is C16H15Cl2F3N4O2. The van der Waals surface area contributed by atoms with Crippen molar-refractivity contribution in [1.29, 1.82) is 0 Å². The average molecular weight is 423 g/mol. The number of nitrogens with one attached hydrogen (secondary N) is 2. The van der Waals surface area contributed by atoms with Crippen molar-refractivity contribution in [2.45, 2.75) is 25.7 Å². The van der Waals surface area contributed by atoms with Gasteiger partial charge in [-0.2, -0.15) is 18.3 Å². The Morgan fingerprint density at radius 1 is 1.30 bits per heavy atom. The first-order valence-electron chi connectivity index (χ1n) is 7.99. The van der Waals surface area contributed by atoms with Crippen LogP contribution in [0.5, 0.6) is 0 Å². The van der Waals surface area contributed by atoms with E-state index in [4.69, 9.17) is 27.9 Å². The van der Waals surface area contributed by atoms with Gasteiger partial charge >= 0.3 is 12.2 Å². The zero-order chi connectivity index (χ0) is 19.6. The minimum absolute atomic E-state index is 0.0639. The molecule has 0 atom stereocenters. The fourth-order valence-corrected chi connectivity index (χ4v) is 3.04. The van der Waals surface area contributed by atoms with Gasteiger partial charge in [-0.15, -0.1) is 0 Å². The lowest BCUT2D eigenvalue weighted by Crippen LogP contribution is -2.32.